The Bertz CT molecular complexity index is 724. The Balaban J connectivity index is 1.89. The van der Waals surface area contributed by atoms with Crippen LogP contribution in [0, 0.1) is 0 Å². The van der Waals surface area contributed by atoms with Gasteiger partial charge in [0.25, 0.3) is 0 Å². The highest BCUT2D eigenvalue weighted by Gasteiger charge is 2.48. The predicted molar refractivity (Wildman–Crippen MR) is 98.8 cm³/mol. The summed E-state index contributed by atoms with van der Waals surface area (Å²) in [5.41, 5.74) is -0.329. The van der Waals surface area contributed by atoms with E-state index in [-0.39, 0.29) is 30.7 Å². The maximum atomic E-state index is 13.0. The number of benzene rings is 1. The summed E-state index contributed by atoms with van der Waals surface area (Å²) < 4.78 is 0. The number of nitrogens with one attached hydrogen (secondary N) is 1. The maximum Gasteiger partial charge on any atom is 0.237 e. The second-order valence-corrected chi connectivity index (χ2v) is 7.39. The lowest BCUT2D eigenvalue weighted by Crippen LogP contribution is -2.57. The van der Waals surface area contributed by atoms with E-state index in [0.29, 0.717) is 36.5 Å². The van der Waals surface area contributed by atoms with Gasteiger partial charge in [-0.1, -0.05) is 29.8 Å². The molecule has 1 heterocycles. The van der Waals surface area contributed by atoms with Crippen molar-refractivity contribution in [2.45, 2.75) is 31.2 Å². The molecule has 1 aliphatic heterocycles. The number of carbonyl (C=O) groups excluding carboxylic acids is 3. The highest BCUT2D eigenvalue weighted by atomic mass is 35.5. The van der Waals surface area contributed by atoms with Crippen LogP contribution in [0.1, 0.15) is 31.2 Å². The zero-order valence-electron chi connectivity index (χ0n) is 15.0. The summed E-state index contributed by atoms with van der Waals surface area (Å²) in [5, 5.41) is 3.25. The van der Waals surface area contributed by atoms with Crippen molar-refractivity contribution in [1.82, 2.24) is 15.1 Å². The molecule has 0 unspecified atom stereocenters. The number of carbonyl (C=O) groups is 3. The van der Waals surface area contributed by atoms with Gasteiger partial charge in [0.15, 0.2) is 5.78 Å². The third-order valence-corrected chi connectivity index (χ3v) is 5.73. The molecule has 1 saturated heterocycles. The lowest BCUT2D eigenvalue weighted by Gasteiger charge is -2.44. The van der Waals surface area contributed by atoms with E-state index in [9.17, 15) is 14.4 Å². The van der Waals surface area contributed by atoms with Gasteiger partial charge in [0, 0.05) is 37.1 Å². The van der Waals surface area contributed by atoms with Crippen molar-refractivity contribution in [3.63, 3.8) is 0 Å². The summed E-state index contributed by atoms with van der Waals surface area (Å²) in [5.74, 6) is -0.222. The van der Waals surface area contributed by atoms with Crippen molar-refractivity contribution in [1.29, 1.82) is 0 Å². The molecule has 1 aliphatic carbocycles. The van der Waals surface area contributed by atoms with Crippen LogP contribution in [0.25, 0.3) is 0 Å². The standard InChI is InChI=1S/C19H24ClN3O3/c1-22(18(26)13-23-11-10-21-17(25)12-23)19(9-5-4-8-16(19)24)14-6-2-3-7-15(14)20/h2-3,6-7H,4-5,8-13H2,1H3,(H,21,25)/t19-/m1/s1. The monoisotopic (exact) mass is 377 g/mol. The van der Waals surface area contributed by atoms with Gasteiger partial charge in [-0.25, -0.2) is 0 Å². The van der Waals surface area contributed by atoms with Crippen LogP contribution < -0.4 is 5.32 Å². The molecule has 26 heavy (non-hydrogen) atoms. The van der Waals surface area contributed by atoms with Crippen molar-refractivity contribution in [3.8, 4) is 0 Å². The van der Waals surface area contributed by atoms with Crippen LogP contribution in [-0.2, 0) is 19.9 Å². The Morgan fingerprint density at radius 3 is 2.77 bits per heavy atom. The molecule has 2 fully saturated rings. The van der Waals surface area contributed by atoms with E-state index in [1.54, 1.807) is 18.0 Å². The van der Waals surface area contributed by atoms with E-state index in [1.807, 2.05) is 23.1 Å². The predicted octanol–water partition coefficient (Wildman–Crippen LogP) is 1.57. The number of rotatable bonds is 4. The Morgan fingerprint density at radius 2 is 2.08 bits per heavy atom. The summed E-state index contributed by atoms with van der Waals surface area (Å²) in [6, 6.07) is 7.26. The van der Waals surface area contributed by atoms with E-state index in [0.717, 1.165) is 12.8 Å². The summed E-state index contributed by atoms with van der Waals surface area (Å²) in [6.45, 7) is 1.47. The van der Waals surface area contributed by atoms with Gasteiger partial charge in [-0.15, -0.1) is 0 Å². The first-order valence-electron chi connectivity index (χ1n) is 8.99. The lowest BCUT2D eigenvalue weighted by atomic mass is 9.74. The van der Waals surface area contributed by atoms with Crippen LogP contribution in [0.15, 0.2) is 24.3 Å². The van der Waals surface area contributed by atoms with E-state index < -0.39 is 5.54 Å². The Hall–Kier alpha value is -1.92. The lowest BCUT2D eigenvalue weighted by molar-refractivity contribution is -0.149. The van der Waals surface area contributed by atoms with Crippen molar-refractivity contribution >= 4 is 29.2 Å². The van der Waals surface area contributed by atoms with Gasteiger partial charge in [-0.05, 0) is 25.3 Å². The molecule has 140 valence electrons. The quantitative estimate of drug-likeness (QED) is 0.864. The number of amides is 2. The fourth-order valence-corrected chi connectivity index (χ4v) is 4.26. The summed E-state index contributed by atoms with van der Waals surface area (Å²) in [4.78, 5) is 41.0. The normalized spacial score (nSPS) is 24.2. The van der Waals surface area contributed by atoms with Crippen molar-refractivity contribution in [2.75, 3.05) is 33.2 Å². The summed E-state index contributed by atoms with van der Waals surface area (Å²) in [6.07, 6.45) is 2.70. The fraction of sp³-hybridized carbons (Fsp3) is 0.526. The smallest absolute Gasteiger partial charge is 0.237 e. The molecule has 1 saturated carbocycles. The molecule has 1 aromatic carbocycles. The molecule has 0 spiro atoms. The Kier molecular flexibility index (Phi) is 5.63. The number of halogens is 1. The van der Waals surface area contributed by atoms with Crippen LogP contribution in [0.5, 0.6) is 0 Å². The number of hydrogen-bond acceptors (Lipinski definition) is 4. The molecule has 6 nitrogen and oxygen atoms in total. The number of ketones is 1. The number of hydrogen-bond donors (Lipinski definition) is 1. The minimum atomic E-state index is -1.02. The third kappa shape index (κ3) is 3.48. The summed E-state index contributed by atoms with van der Waals surface area (Å²) in [7, 11) is 1.68. The molecule has 0 radical (unpaired) electrons. The number of Topliss-reactive ketones (excluding diaryl/α,β-unsaturated/α-hetero) is 1. The minimum absolute atomic E-state index is 0.0316. The molecular weight excluding hydrogens is 354 g/mol. The third-order valence-electron chi connectivity index (χ3n) is 5.40. The molecule has 1 atom stereocenters. The van der Waals surface area contributed by atoms with Crippen molar-refractivity contribution in [2.24, 2.45) is 0 Å². The van der Waals surface area contributed by atoms with E-state index >= 15 is 0 Å². The van der Waals surface area contributed by atoms with Crippen LogP contribution in [-0.4, -0.2) is 60.6 Å². The largest absolute Gasteiger partial charge is 0.354 e. The fourth-order valence-electron chi connectivity index (χ4n) is 3.97. The number of likely N-dealkylation sites (N-methyl/N-ethyl adjacent to an activating group) is 1. The average molecular weight is 378 g/mol. The molecule has 1 N–H and O–H groups in total. The van der Waals surface area contributed by atoms with Gasteiger partial charge in [-0.2, -0.15) is 0 Å². The maximum absolute atomic E-state index is 13.0. The van der Waals surface area contributed by atoms with E-state index in [4.69, 9.17) is 11.6 Å². The van der Waals surface area contributed by atoms with Gasteiger partial charge < -0.3 is 10.2 Å². The molecule has 3 rings (SSSR count). The first-order chi connectivity index (χ1) is 12.4. The highest BCUT2D eigenvalue weighted by molar-refractivity contribution is 6.31. The zero-order chi connectivity index (χ0) is 18.7. The van der Waals surface area contributed by atoms with Gasteiger partial charge in [0.1, 0.15) is 5.54 Å². The molecular formula is C19H24ClN3O3. The molecule has 0 bridgehead atoms. The highest BCUT2D eigenvalue weighted by Crippen LogP contribution is 2.42. The minimum Gasteiger partial charge on any atom is -0.354 e. The zero-order valence-corrected chi connectivity index (χ0v) is 15.7. The number of nitrogens with zero attached hydrogens (tertiary/aromatic N) is 2. The van der Waals surface area contributed by atoms with E-state index in [2.05, 4.69) is 5.32 Å². The van der Waals surface area contributed by atoms with Crippen LogP contribution in [0.4, 0.5) is 0 Å². The topological polar surface area (TPSA) is 69.7 Å². The molecule has 2 aliphatic rings. The molecule has 0 aromatic heterocycles. The molecule has 2 amide bonds. The van der Waals surface area contributed by atoms with Crippen LogP contribution in [0.2, 0.25) is 5.02 Å². The average Bonchev–Trinajstić information content (AvgIpc) is 2.62. The summed E-state index contributed by atoms with van der Waals surface area (Å²) >= 11 is 6.42. The first-order valence-corrected chi connectivity index (χ1v) is 9.37. The van der Waals surface area contributed by atoms with Crippen molar-refractivity contribution < 1.29 is 14.4 Å². The van der Waals surface area contributed by atoms with Gasteiger partial charge in [-0.3, -0.25) is 19.3 Å². The number of piperazine rings is 1. The second kappa shape index (κ2) is 7.76. The Labute approximate surface area is 158 Å². The Morgan fingerprint density at radius 1 is 1.31 bits per heavy atom. The molecule has 7 heteroatoms. The van der Waals surface area contributed by atoms with Gasteiger partial charge in [0.2, 0.25) is 11.8 Å². The second-order valence-electron chi connectivity index (χ2n) is 6.98. The van der Waals surface area contributed by atoms with E-state index in [1.165, 1.54) is 0 Å². The SMILES string of the molecule is CN(C(=O)CN1CCNC(=O)C1)[C@@]1(c2ccccc2Cl)CCCCC1=O. The first kappa shape index (κ1) is 18.9. The molecule has 1 aromatic rings. The van der Waals surface area contributed by atoms with Gasteiger partial charge in [0.05, 0.1) is 13.1 Å². The van der Waals surface area contributed by atoms with Gasteiger partial charge >= 0.3 is 0 Å². The van der Waals surface area contributed by atoms with Crippen molar-refractivity contribution in [3.05, 3.63) is 34.9 Å². The van der Waals surface area contributed by atoms with Crippen LogP contribution >= 0.6 is 11.6 Å². The van der Waals surface area contributed by atoms with Crippen LogP contribution in [0.3, 0.4) is 0 Å².